The molecule has 0 spiro atoms. The van der Waals surface area contributed by atoms with E-state index in [9.17, 15) is 13.2 Å². The maximum absolute atomic E-state index is 12.1. The Morgan fingerprint density at radius 2 is 1.89 bits per heavy atom. The fourth-order valence-corrected chi connectivity index (χ4v) is 1.62. The minimum absolute atomic E-state index is 0.0168. The third kappa shape index (κ3) is 4.06. The van der Waals surface area contributed by atoms with Crippen molar-refractivity contribution in [1.82, 2.24) is 10.1 Å². The highest BCUT2D eigenvalue weighted by atomic mass is 19.4. The van der Waals surface area contributed by atoms with Gasteiger partial charge in [-0.2, -0.15) is 18.2 Å². The number of nitrogens with zero attached hydrogens (tertiary/aromatic N) is 2. The lowest BCUT2D eigenvalue weighted by Gasteiger charge is -2.06. The van der Waals surface area contributed by atoms with E-state index in [-0.39, 0.29) is 5.89 Å². The molecule has 2 rings (SSSR count). The molecule has 0 aliphatic carbocycles. The van der Waals surface area contributed by atoms with Gasteiger partial charge in [-0.3, -0.25) is 0 Å². The molecule has 0 fully saturated rings. The van der Waals surface area contributed by atoms with Crippen molar-refractivity contribution >= 4 is 0 Å². The van der Waals surface area contributed by atoms with Gasteiger partial charge in [-0.1, -0.05) is 35.5 Å². The van der Waals surface area contributed by atoms with Crippen molar-refractivity contribution in [3.05, 3.63) is 47.6 Å². The number of halogens is 3. The molecule has 102 valence electrons. The number of alkyl halides is 3. The van der Waals surface area contributed by atoms with Gasteiger partial charge in [0, 0.05) is 0 Å². The minimum Gasteiger partial charge on any atom is -0.338 e. The lowest BCUT2D eigenvalue weighted by molar-refractivity contribution is -0.128. The fourth-order valence-electron chi connectivity index (χ4n) is 1.62. The number of rotatable bonds is 4. The molecule has 0 saturated carbocycles. The molecule has 1 atom stereocenters. The molecule has 0 aliphatic rings. The van der Waals surface area contributed by atoms with Gasteiger partial charge in [-0.25, -0.2) is 0 Å². The second kappa shape index (κ2) is 5.40. The summed E-state index contributed by atoms with van der Waals surface area (Å²) >= 11 is 0. The SMILES string of the molecule is N[C@@H](Cc1ccccc1)c1nc(CC(F)(F)F)no1. The Bertz CT molecular complexity index is 525. The van der Waals surface area contributed by atoms with Gasteiger partial charge in [0.05, 0.1) is 6.04 Å². The van der Waals surface area contributed by atoms with Crippen LogP contribution in [0.25, 0.3) is 0 Å². The van der Waals surface area contributed by atoms with Gasteiger partial charge in [0.15, 0.2) is 5.82 Å². The van der Waals surface area contributed by atoms with Crippen LogP contribution in [-0.2, 0) is 12.8 Å². The van der Waals surface area contributed by atoms with Gasteiger partial charge in [0.2, 0.25) is 5.89 Å². The Kier molecular flexibility index (Phi) is 3.84. The summed E-state index contributed by atoms with van der Waals surface area (Å²) in [6, 6.07) is 8.69. The van der Waals surface area contributed by atoms with Crippen molar-refractivity contribution in [2.75, 3.05) is 0 Å². The largest absolute Gasteiger partial charge is 0.396 e. The Morgan fingerprint density at radius 3 is 2.53 bits per heavy atom. The summed E-state index contributed by atoms with van der Waals surface area (Å²) in [7, 11) is 0. The topological polar surface area (TPSA) is 64.9 Å². The first-order chi connectivity index (χ1) is 8.94. The minimum atomic E-state index is -4.36. The number of hydrogen-bond donors (Lipinski definition) is 1. The van der Waals surface area contributed by atoms with E-state index in [4.69, 9.17) is 10.3 Å². The highest BCUT2D eigenvalue weighted by Gasteiger charge is 2.31. The molecule has 0 aliphatic heterocycles. The molecule has 0 unspecified atom stereocenters. The molecule has 2 N–H and O–H groups in total. The van der Waals surface area contributed by atoms with E-state index in [1.54, 1.807) is 0 Å². The Labute approximate surface area is 107 Å². The first kappa shape index (κ1) is 13.5. The van der Waals surface area contributed by atoms with Crippen molar-refractivity contribution in [1.29, 1.82) is 0 Å². The summed E-state index contributed by atoms with van der Waals surface area (Å²) in [4.78, 5) is 3.67. The van der Waals surface area contributed by atoms with E-state index in [0.29, 0.717) is 6.42 Å². The van der Waals surface area contributed by atoms with Crippen LogP contribution >= 0.6 is 0 Å². The Balaban J connectivity index is 2.02. The second-order valence-electron chi connectivity index (χ2n) is 4.14. The average Bonchev–Trinajstić information content (AvgIpc) is 2.76. The maximum atomic E-state index is 12.1. The zero-order valence-corrected chi connectivity index (χ0v) is 9.89. The van der Waals surface area contributed by atoms with E-state index >= 15 is 0 Å². The zero-order chi connectivity index (χ0) is 13.9. The van der Waals surface area contributed by atoms with E-state index in [2.05, 4.69) is 10.1 Å². The van der Waals surface area contributed by atoms with E-state index < -0.39 is 24.5 Å². The van der Waals surface area contributed by atoms with Gasteiger partial charge in [-0.15, -0.1) is 0 Å². The molecular formula is C12H12F3N3O. The molecule has 19 heavy (non-hydrogen) atoms. The maximum Gasteiger partial charge on any atom is 0.396 e. The molecule has 7 heteroatoms. The van der Waals surface area contributed by atoms with Crippen molar-refractivity contribution in [2.45, 2.75) is 25.1 Å². The lowest BCUT2D eigenvalue weighted by Crippen LogP contribution is -2.15. The van der Waals surface area contributed by atoms with Gasteiger partial charge < -0.3 is 10.3 Å². The summed E-state index contributed by atoms with van der Waals surface area (Å²) in [6.07, 6.45) is -5.15. The lowest BCUT2D eigenvalue weighted by atomic mass is 10.1. The first-order valence-corrected chi connectivity index (χ1v) is 5.63. The molecule has 0 amide bonds. The molecule has 1 aromatic carbocycles. The summed E-state index contributed by atoms with van der Waals surface area (Å²) < 4.78 is 41.2. The van der Waals surface area contributed by atoms with Crippen LogP contribution in [0.4, 0.5) is 13.2 Å². The van der Waals surface area contributed by atoms with Crippen LogP contribution in [0.1, 0.15) is 23.3 Å². The molecule has 1 aromatic heterocycles. The first-order valence-electron chi connectivity index (χ1n) is 5.63. The van der Waals surface area contributed by atoms with Crippen LogP contribution < -0.4 is 5.73 Å². The third-order valence-electron chi connectivity index (χ3n) is 2.46. The second-order valence-corrected chi connectivity index (χ2v) is 4.14. The normalized spacial score (nSPS) is 13.5. The summed E-state index contributed by atoms with van der Waals surface area (Å²) in [5.41, 5.74) is 6.78. The van der Waals surface area contributed by atoms with Crippen LogP contribution in [0, 0.1) is 0 Å². The van der Waals surface area contributed by atoms with Crippen LogP contribution in [0.15, 0.2) is 34.9 Å². The molecular weight excluding hydrogens is 259 g/mol. The summed E-state index contributed by atoms with van der Waals surface area (Å²) in [6.45, 7) is 0. The average molecular weight is 271 g/mol. The smallest absolute Gasteiger partial charge is 0.338 e. The molecule has 1 heterocycles. The zero-order valence-electron chi connectivity index (χ0n) is 9.89. The Hall–Kier alpha value is -1.89. The van der Waals surface area contributed by atoms with Crippen molar-refractivity contribution < 1.29 is 17.7 Å². The van der Waals surface area contributed by atoms with Crippen LogP contribution in [0.5, 0.6) is 0 Å². The molecule has 0 radical (unpaired) electrons. The van der Waals surface area contributed by atoms with Gasteiger partial charge in [0.1, 0.15) is 6.42 Å². The molecule has 0 bridgehead atoms. The number of nitrogens with two attached hydrogens (primary N) is 1. The third-order valence-corrected chi connectivity index (χ3v) is 2.46. The summed E-state index contributed by atoms with van der Waals surface area (Å²) in [5.74, 6) is -0.380. The number of aromatic nitrogens is 2. The van der Waals surface area contributed by atoms with Crippen molar-refractivity contribution in [3.63, 3.8) is 0 Å². The predicted octanol–water partition coefficient (Wildman–Crippen LogP) is 2.42. The van der Waals surface area contributed by atoms with Crippen LogP contribution in [-0.4, -0.2) is 16.3 Å². The van der Waals surface area contributed by atoms with Crippen LogP contribution in [0.3, 0.4) is 0 Å². The highest BCUT2D eigenvalue weighted by molar-refractivity contribution is 5.16. The van der Waals surface area contributed by atoms with E-state index in [1.807, 2.05) is 30.3 Å². The molecule has 0 saturated heterocycles. The Morgan fingerprint density at radius 1 is 1.21 bits per heavy atom. The predicted molar refractivity (Wildman–Crippen MR) is 61.1 cm³/mol. The standard InChI is InChI=1S/C12H12F3N3O/c13-12(14,15)7-10-17-11(19-18-10)9(16)6-8-4-2-1-3-5-8/h1-5,9H,6-7,16H2/t9-/m0/s1. The fraction of sp³-hybridized carbons (Fsp3) is 0.333. The van der Waals surface area contributed by atoms with Gasteiger partial charge in [-0.05, 0) is 12.0 Å². The monoisotopic (exact) mass is 271 g/mol. The van der Waals surface area contributed by atoms with Crippen molar-refractivity contribution in [3.8, 4) is 0 Å². The number of hydrogen-bond acceptors (Lipinski definition) is 4. The molecule has 2 aromatic rings. The molecule has 4 nitrogen and oxygen atoms in total. The quantitative estimate of drug-likeness (QED) is 0.927. The van der Waals surface area contributed by atoms with E-state index in [0.717, 1.165) is 5.56 Å². The highest BCUT2D eigenvalue weighted by Crippen LogP contribution is 2.21. The van der Waals surface area contributed by atoms with E-state index in [1.165, 1.54) is 0 Å². The van der Waals surface area contributed by atoms with Crippen LogP contribution in [0.2, 0.25) is 0 Å². The summed E-state index contributed by atoms with van der Waals surface area (Å²) in [5, 5.41) is 3.28. The van der Waals surface area contributed by atoms with Gasteiger partial charge in [0.25, 0.3) is 0 Å². The van der Waals surface area contributed by atoms with Crippen molar-refractivity contribution in [2.24, 2.45) is 5.73 Å². The number of benzene rings is 1. The van der Waals surface area contributed by atoms with Gasteiger partial charge >= 0.3 is 6.18 Å².